The van der Waals surface area contributed by atoms with E-state index in [1.54, 1.807) is 12.1 Å². The van der Waals surface area contributed by atoms with Crippen LogP contribution in [0.25, 0.3) is 0 Å². The van der Waals surface area contributed by atoms with Crippen molar-refractivity contribution in [3.05, 3.63) is 35.1 Å². The predicted molar refractivity (Wildman–Crippen MR) is 69.7 cm³/mol. The molecule has 5 nitrogen and oxygen atoms in total. The van der Waals surface area contributed by atoms with E-state index in [1.165, 1.54) is 6.07 Å². The Morgan fingerprint density at radius 1 is 1.53 bits per heavy atom. The molecule has 0 aliphatic carbocycles. The molecule has 0 aromatic heterocycles. The van der Waals surface area contributed by atoms with Gasteiger partial charge in [0.2, 0.25) is 0 Å². The van der Waals surface area contributed by atoms with Gasteiger partial charge in [-0.1, -0.05) is 17.3 Å². The van der Waals surface area contributed by atoms with Gasteiger partial charge in [0.15, 0.2) is 5.84 Å². The third kappa shape index (κ3) is 4.50. The lowest BCUT2D eigenvalue weighted by Crippen LogP contribution is -2.18. The van der Waals surface area contributed by atoms with Crippen molar-refractivity contribution in [1.82, 2.24) is 0 Å². The average Bonchev–Trinajstić information content (AvgIpc) is 2.43. The van der Waals surface area contributed by atoms with E-state index in [-0.39, 0.29) is 24.1 Å². The molecule has 1 unspecified atom stereocenters. The molecule has 106 valence electrons. The topological polar surface area (TPSA) is 77.1 Å². The summed E-state index contributed by atoms with van der Waals surface area (Å²) in [7, 11) is 0. The second-order valence-corrected chi connectivity index (χ2v) is 4.05. The summed E-state index contributed by atoms with van der Waals surface area (Å²) in [5.41, 5.74) is 5.80. The summed E-state index contributed by atoms with van der Waals surface area (Å²) in [5.74, 6) is -0.803. The van der Waals surface area contributed by atoms with E-state index in [9.17, 15) is 4.39 Å². The lowest BCUT2D eigenvalue weighted by molar-refractivity contribution is -0.0125. The van der Waals surface area contributed by atoms with Crippen molar-refractivity contribution < 1.29 is 19.1 Å². The first-order valence-electron chi connectivity index (χ1n) is 6.04. The van der Waals surface area contributed by atoms with Crippen molar-refractivity contribution >= 4 is 5.84 Å². The summed E-state index contributed by atoms with van der Waals surface area (Å²) >= 11 is 0. The first-order valence-corrected chi connectivity index (χ1v) is 6.04. The Bertz CT molecular complexity index is 438. The van der Waals surface area contributed by atoms with E-state index >= 15 is 0 Å². The van der Waals surface area contributed by atoms with E-state index in [4.69, 9.17) is 20.4 Å². The quantitative estimate of drug-likeness (QED) is 0.343. The van der Waals surface area contributed by atoms with Crippen LogP contribution in [-0.2, 0) is 16.1 Å². The zero-order valence-corrected chi connectivity index (χ0v) is 11.1. The molecule has 1 rings (SSSR count). The molecule has 0 saturated carbocycles. The number of amidine groups is 1. The van der Waals surface area contributed by atoms with E-state index in [0.29, 0.717) is 18.8 Å². The molecular weight excluding hydrogens is 251 g/mol. The van der Waals surface area contributed by atoms with Crippen molar-refractivity contribution in [3.8, 4) is 0 Å². The average molecular weight is 270 g/mol. The maximum atomic E-state index is 14.0. The molecule has 0 amide bonds. The molecule has 0 radical (unpaired) electrons. The Kier molecular flexibility index (Phi) is 6.24. The molecular formula is C13H19FN2O3. The van der Waals surface area contributed by atoms with Crippen molar-refractivity contribution in [2.24, 2.45) is 10.9 Å². The number of halogens is 1. The fourth-order valence-electron chi connectivity index (χ4n) is 1.51. The highest BCUT2D eigenvalue weighted by Gasteiger charge is 2.12. The second-order valence-electron chi connectivity index (χ2n) is 4.05. The second kappa shape index (κ2) is 7.70. The van der Waals surface area contributed by atoms with Gasteiger partial charge in [-0.3, -0.25) is 0 Å². The molecule has 0 aliphatic heterocycles. The standard InChI is InChI=1S/C13H19FN2O3/c1-3-18-7-9(2)19-8-10-5-4-6-11(12(10)14)13(15)16-17/h4-6,9,17H,3,7-8H2,1-2H3,(H2,15,16). The Labute approximate surface area is 111 Å². The van der Waals surface area contributed by atoms with Crippen LogP contribution in [-0.4, -0.2) is 30.4 Å². The number of benzene rings is 1. The first-order chi connectivity index (χ1) is 9.10. The molecule has 1 aromatic carbocycles. The molecule has 0 bridgehead atoms. The summed E-state index contributed by atoms with van der Waals surface area (Å²) in [6, 6.07) is 4.66. The van der Waals surface area contributed by atoms with Crippen LogP contribution < -0.4 is 5.73 Å². The molecule has 3 N–H and O–H groups in total. The largest absolute Gasteiger partial charge is 0.409 e. The zero-order chi connectivity index (χ0) is 14.3. The highest BCUT2D eigenvalue weighted by atomic mass is 19.1. The summed E-state index contributed by atoms with van der Waals surface area (Å²) in [6.07, 6.45) is -0.133. The van der Waals surface area contributed by atoms with Gasteiger partial charge in [-0.05, 0) is 19.9 Å². The van der Waals surface area contributed by atoms with Crippen LogP contribution in [0.15, 0.2) is 23.4 Å². The molecule has 0 spiro atoms. The van der Waals surface area contributed by atoms with Crippen LogP contribution in [0.4, 0.5) is 4.39 Å². The SMILES string of the molecule is CCOCC(C)OCc1cccc(/C(N)=N/O)c1F. The van der Waals surface area contributed by atoms with Crippen LogP contribution in [0.2, 0.25) is 0 Å². The van der Waals surface area contributed by atoms with Crippen molar-refractivity contribution in [2.45, 2.75) is 26.6 Å². The van der Waals surface area contributed by atoms with Gasteiger partial charge in [-0.15, -0.1) is 0 Å². The van der Waals surface area contributed by atoms with Gasteiger partial charge in [-0.2, -0.15) is 0 Å². The maximum absolute atomic E-state index is 14.0. The van der Waals surface area contributed by atoms with Crippen molar-refractivity contribution in [3.63, 3.8) is 0 Å². The minimum Gasteiger partial charge on any atom is -0.409 e. The fourth-order valence-corrected chi connectivity index (χ4v) is 1.51. The highest BCUT2D eigenvalue weighted by molar-refractivity contribution is 5.97. The zero-order valence-electron chi connectivity index (χ0n) is 11.1. The van der Waals surface area contributed by atoms with Gasteiger partial charge < -0.3 is 20.4 Å². The molecule has 0 fully saturated rings. The van der Waals surface area contributed by atoms with Gasteiger partial charge >= 0.3 is 0 Å². The van der Waals surface area contributed by atoms with E-state index < -0.39 is 5.82 Å². The van der Waals surface area contributed by atoms with Gasteiger partial charge in [-0.25, -0.2) is 4.39 Å². The summed E-state index contributed by atoms with van der Waals surface area (Å²) in [5, 5.41) is 11.4. The van der Waals surface area contributed by atoms with E-state index in [0.717, 1.165) is 0 Å². The van der Waals surface area contributed by atoms with E-state index in [2.05, 4.69) is 5.16 Å². The molecule has 1 atom stereocenters. The monoisotopic (exact) mass is 270 g/mol. The molecule has 0 aliphatic rings. The fraction of sp³-hybridized carbons (Fsp3) is 0.462. The minimum atomic E-state index is -0.540. The van der Waals surface area contributed by atoms with Crippen LogP contribution in [0, 0.1) is 5.82 Å². The van der Waals surface area contributed by atoms with Crippen molar-refractivity contribution in [2.75, 3.05) is 13.2 Å². The smallest absolute Gasteiger partial charge is 0.173 e. The van der Waals surface area contributed by atoms with Crippen LogP contribution in [0.1, 0.15) is 25.0 Å². The molecule has 0 heterocycles. The number of hydrogen-bond acceptors (Lipinski definition) is 4. The summed E-state index contributed by atoms with van der Waals surface area (Å²) in [4.78, 5) is 0. The highest BCUT2D eigenvalue weighted by Crippen LogP contribution is 2.14. The van der Waals surface area contributed by atoms with Crippen LogP contribution in [0.5, 0.6) is 0 Å². The van der Waals surface area contributed by atoms with Gasteiger partial charge in [0.25, 0.3) is 0 Å². The lowest BCUT2D eigenvalue weighted by atomic mass is 10.1. The number of ether oxygens (including phenoxy) is 2. The third-order valence-corrected chi connectivity index (χ3v) is 2.54. The van der Waals surface area contributed by atoms with Gasteiger partial charge in [0.05, 0.1) is 24.9 Å². The molecule has 1 aromatic rings. The third-order valence-electron chi connectivity index (χ3n) is 2.54. The summed E-state index contributed by atoms with van der Waals surface area (Å²) < 4.78 is 24.7. The molecule has 6 heteroatoms. The Morgan fingerprint density at radius 3 is 2.89 bits per heavy atom. The van der Waals surface area contributed by atoms with Gasteiger partial charge in [0.1, 0.15) is 5.82 Å². The summed E-state index contributed by atoms with van der Waals surface area (Å²) in [6.45, 7) is 4.92. The lowest BCUT2D eigenvalue weighted by Gasteiger charge is -2.14. The molecule has 19 heavy (non-hydrogen) atoms. The Hall–Kier alpha value is -1.66. The maximum Gasteiger partial charge on any atom is 0.173 e. The number of hydrogen-bond donors (Lipinski definition) is 2. The normalized spacial score (nSPS) is 13.5. The van der Waals surface area contributed by atoms with Crippen LogP contribution >= 0.6 is 0 Å². The predicted octanol–water partition coefficient (Wildman–Crippen LogP) is 1.86. The molecule has 0 saturated heterocycles. The van der Waals surface area contributed by atoms with E-state index in [1.807, 2.05) is 13.8 Å². The Balaban J connectivity index is 2.69. The minimum absolute atomic E-state index is 0.0565. The Morgan fingerprint density at radius 2 is 2.26 bits per heavy atom. The number of nitrogens with two attached hydrogens (primary N) is 1. The van der Waals surface area contributed by atoms with Crippen LogP contribution in [0.3, 0.4) is 0 Å². The number of nitrogens with zero attached hydrogens (tertiary/aromatic N) is 1. The number of oxime groups is 1. The van der Waals surface area contributed by atoms with Gasteiger partial charge in [0, 0.05) is 12.2 Å². The first kappa shape index (κ1) is 15.4. The van der Waals surface area contributed by atoms with Crippen molar-refractivity contribution in [1.29, 1.82) is 0 Å². The number of rotatable bonds is 7.